The minimum absolute atomic E-state index is 0.0290. The van der Waals surface area contributed by atoms with Gasteiger partial charge in [0.05, 0.1) is 0 Å². The molecule has 3 rings (SSSR count). The molecule has 1 aromatic heterocycles. The molecule has 116 valence electrons. The predicted octanol–water partition coefficient (Wildman–Crippen LogP) is 1.78. The van der Waals surface area contributed by atoms with E-state index in [4.69, 9.17) is 16.3 Å². The molecular weight excluding hydrogens is 304 g/mol. The lowest BCUT2D eigenvalue weighted by molar-refractivity contribution is -0.137. The second kappa shape index (κ2) is 6.36. The second-order valence-corrected chi connectivity index (χ2v) is 5.67. The van der Waals surface area contributed by atoms with Crippen molar-refractivity contribution in [1.82, 2.24) is 19.7 Å². The topological polar surface area (TPSA) is 60.2 Å². The first-order valence-corrected chi connectivity index (χ1v) is 7.59. The van der Waals surface area contributed by atoms with Crippen LogP contribution in [-0.4, -0.2) is 44.8 Å². The molecule has 6 nitrogen and oxygen atoms in total. The van der Waals surface area contributed by atoms with E-state index in [0.717, 1.165) is 5.82 Å². The number of amides is 1. The summed E-state index contributed by atoms with van der Waals surface area (Å²) in [7, 11) is 0. The van der Waals surface area contributed by atoms with Gasteiger partial charge < -0.3 is 14.2 Å². The van der Waals surface area contributed by atoms with Crippen LogP contribution in [0, 0.1) is 0 Å². The monoisotopic (exact) mass is 320 g/mol. The molecule has 0 fully saturated rings. The maximum atomic E-state index is 12.5. The Morgan fingerprint density at radius 3 is 3.05 bits per heavy atom. The summed E-state index contributed by atoms with van der Waals surface area (Å²) in [5.41, 5.74) is 0. The van der Waals surface area contributed by atoms with Gasteiger partial charge in [-0.1, -0.05) is 17.7 Å². The summed E-state index contributed by atoms with van der Waals surface area (Å²) in [6.45, 7) is 3.72. The minimum Gasteiger partial charge on any atom is -0.481 e. The first-order valence-electron chi connectivity index (χ1n) is 7.21. The van der Waals surface area contributed by atoms with Crippen LogP contribution < -0.4 is 4.74 Å². The summed E-state index contributed by atoms with van der Waals surface area (Å²) in [6.07, 6.45) is 1.85. The van der Waals surface area contributed by atoms with E-state index in [0.29, 0.717) is 36.8 Å². The molecule has 0 N–H and O–H groups in total. The Hall–Kier alpha value is -2.08. The van der Waals surface area contributed by atoms with Gasteiger partial charge in [-0.2, -0.15) is 0 Å². The highest BCUT2D eigenvalue weighted by Gasteiger charge is 2.24. The number of carbonyl (C=O) groups excluding carboxylic acids is 1. The van der Waals surface area contributed by atoms with Gasteiger partial charge in [0.15, 0.2) is 6.10 Å². The fraction of sp³-hybridized carbons (Fsp3) is 0.400. The van der Waals surface area contributed by atoms with E-state index < -0.39 is 6.10 Å². The number of carbonyl (C=O) groups is 1. The van der Waals surface area contributed by atoms with Crippen LogP contribution in [0.15, 0.2) is 30.6 Å². The number of benzene rings is 1. The van der Waals surface area contributed by atoms with Gasteiger partial charge in [0.2, 0.25) is 0 Å². The number of halogens is 1. The van der Waals surface area contributed by atoms with Crippen molar-refractivity contribution in [3.63, 3.8) is 0 Å². The molecule has 1 aromatic carbocycles. The molecule has 1 atom stereocenters. The van der Waals surface area contributed by atoms with E-state index in [1.165, 1.54) is 0 Å². The molecule has 7 heteroatoms. The number of aromatic nitrogens is 3. The van der Waals surface area contributed by atoms with Crippen molar-refractivity contribution in [3.8, 4) is 5.75 Å². The van der Waals surface area contributed by atoms with Gasteiger partial charge in [-0.15, -0.1) is 10.2 Å². The Balaban J connectivity index is 1.62. The van der Waals surface area contributed by atoms with Gasteiger partial charge in [0.1, 0.15) is 17.9 Å². The van der Waals surface area contributed by atoms with Crippen LogP contribution >= 0.6 is 11.6 Å². The maximum absolute atomic E-state index is 12.5. The summed E-state index contributed by atoms with van der Waals surface area (Å²) >= 11 is 5.93. The van der Waals surface area contributed by atoms with Crippen LogP contribution in [0.25, 0.3) is 0 Å². The van der Waals surface area contributed by atoms with Gasteiger partial charge in [0, 0.05) is 31.1 Å². The van der Waals surface area contributed by atoms with Crippen molar-refractivity contribution in [2.24, 2.45) is 0 Å². The van der Waals surface area contributed by atoms with Crippen molar-refractivity contribution >= 4 is 17.5 Å². The lowest BCUT2D eigenvalue weighted by Crippen LogP contribution is -2.42. The molecule has 0 saturated heterocycles. The van der Waals surface area contributed by atoms with Crippen LogP contribution in [0.2, 0.25) is 5.02 Å². The average Bonchev–Trinajstić information content (AvgIpc) is 2.85. The highest BCUT2D eigenvalue weighted by Crippen LogP contribution is 2.19. The molecule has 0 spiro atoms. The number of hydrogen-bond donors (Lipinski definition) is 0. The second-order valence-electron chi connectivity index (χ2n) is 5.23. The molecule has 0 radical (unpaired) electrons. The van der Waals surface area contributed by atoms with Crippen molar-refractivity contribution in [1.29, 1.82) is 0 Å². The molecule has 1 amide bonds. The molecule has 2 aromatic rings. The first kappa shape index (κ1) is 14.8. The first-order chi connectivity index (χ1) is 10.6. The van der Waals surface area contributed by atoms with Crippen LogP contribution in [0.4, 0.5) is 0 Å². The highest BCUT2D eigenvalue weighted by molar-refractivity contribution is 6.30. The number of fused-ring (bicyclic) bond motifs is 1. The Labute approximate surface area is 133 Å². The molecular formula is C15H17ClN4O2. The fourth-order valence-corrected chi connectivity index (χ4v) is 2.69. The third-order valence-corrected chi connectivity index (χ3v) is 3.92. The lowest BCUT2D eigenvalue weighted by atomic mass is 10.3. The summed E-state index contributed by atoms with van der Waals surface area (Å²) in [6, 6.07) is 7.06. The van der Waals surface area contributed by atoms with Crippen molar-refractivity contribution < 1.29 is 9.53 Å². The standard InChI is InChI=1S/C15H17ClN4O2/c1-11(22-13-4-2-3-12(16)9-13)15(21)19-6-5-14-18-17-10-20(14)8-7-19/h2-4,9-11H,5-8H2,1H3. The highest BCUT2D eigenvalue weighted by atomic mass is 35.5. The molecule has 1 aliphatic rings. The van der Waals surface area contributed by atoms with E-state index in [2.05, 4.69) is 10.2 Å². The largest absolute Gasteiger partial charge is 0.481 e. The lowest BCUT2D eigenvalue weighted by Gasteiger charge is -2.24. The Kier molecular flexibility index (Phi) is 4.29. The SMILES string of the molecule is CC(Oc1cccc(Cl)c1)C(=O)N1CCc2nncn2CC1. The zero-order chi connectivity index (χ0) is 15.5. The molecule has 0 bridgehead atoms. The average molecular weight is 321 g/mol. The quantitative estimate of drug-likeness (QED) is 0.865. The number of hydrogen-bond acceptors (Lipinski definition) is 4. The van der Waals surface area contributed by atoms with E-state index in [1.54, 1.807) is 37.5 Å². The molecule has 0 aliphatic carbocycles. The zero-order valence-electron chi connectivity index (χ0n) is 12.3. The van der Waals surface area contributed by atoms with E-state index in [9.17, 15) is 4.79 Å². The minimum atomic E-state index is -0.554. The zero-order valence-corrected chi connectivity index (χ0v) is 13.0. The third-order valence-electron chi connectivity index (χ3n) is 3.68. The van der Waals surface area contributed by atoms with E-state index in [-0.39, 0.29) is 5.91 Å². The summed E-state index contributed by atoms with van der Waals surface area (Å²) in [5.74, 6) is 1.48. The molecule has 0 saturated carbocycles. The Morgan fingerprint density at radius 2 is 2.23 bits per heavy atom. The predicted molar refractivity (Wildman–Crippen MR) is 81.8 cm³/mol. The number of nitrogens with zero attached hydrogens (tertiary/aromatic N) is 4. The Bertz CT molecular complexity index is 651. The van der Waals surface area contributed by atoms with Gasteiger partial charge in [-0.25, -0.2) is 0 Å². The molecule has 22 heavy (non-hydrogen) atoms. The van der Waals surface area contributed by atoms with Crippen molar-refractivity contribution in [2.75, 3.05) is 13.1 Å². The smallest absolute Gasteiger partial charge is 0.263 e. The van der Waals surface area contributed by atoms with Crippen molar-refractivity contribution in [3.05, 3.63) is 41.4 Å². The van der Waals surface area contributed by atoms with Gasteiger partial charge in [0.25, 0.3) is 5.91 Å². The number of ether oxygens (including phenoxy) is 1. The third kappa shape index (κ3) is 3.22. The normalized spacial score (nSPS) is 15.8. The molecule has 1 aliphatic heterocycles. The molecule has 2 heterocycles. The fourth-order valence-electron chi connectivity index (χ4n) is 2.51. The van der Waals surface area contributed by atoms with Gasteiger partial charge in [-0.3, -0.25) is 4.79 Å². The number of rotatable bonds is 3. The summed E-state index contributed by atoms with van der Waals surface area (Å²) in [4.78, 5) is 14.3. The van der Waals surface area contributed by atoms with Gasteiger partial charge in [-0.05, 0) is 25.1 Å². The van der Waals surface area contributed by atoms with E-state index >= 15 is 0 Å². The van der Waals surface area contributed by atoms with Crippen LogP contribution in [-0.2, 0) is 17.8 Å². The Morgan fingerprint density at radius 1 is 1.36 bits per heavy atom. The van der Waals surface area contributed by atoms with Crippen LogP contribution in [0.1, 0.15) is 12.7 Å². The maximum Gasteiger partial charge on any atom is 0.263 e. The van der Waals surface area contributed by atoms with Crippen LogP contribution in [0.3, 0.4) is 0 Å². The van der Waals surface area contributed by atoms with Crippen molar-refractivity contribution in [2.45, 2.75) is 26.0 Å². The summed E-state index contributed by atoms with van der Waals surface area (Å²) in [5, 5.41) is 8.54. The summed E-state index contributed by atoms with van der Waals surface area (Å²) < 4.78 is 7.68. The van der Waals surface area contributed by atoms with E-state index in [1.807, 2.05) is 9.47 Å². The van der Waals surface area contributed by atoms with Gasteiger partial charge >= 0.3 is 0 Å². The van der Waals surface area contributed by atoms with Crippen LogP contribution in [0.5, 0.6) is 5.75 Å². The molecule has 1 unspecified atom stereocenters.